The molecule has 0 aromatic carbocycles. The molecule has 0 saturated heterocycles. The Morgan fingerprint density at radius 2 is 0.220 bits per heavy atom. The van der Waals surface area contributed by atoms with Crippen molar-refractivity contribution in [2.24, 2.45) is 0 Å². The van der Waals surface area contributed by atoms with Gasteiger partial charge >= 0.3 is 224 Å². The number of rotatable bonds is 10. The van der Waals surface area contributed by atoms with Gasteiger partial charge in [-0.05, 0) is 0 Å². The first-order valence-corrected chi connectivity index (χ1v) is 27.0. The van der Waals surface area contributed by atoms with E-state index in [4.69, 9.17) is 97.9 Å². The van der Waals surface area contributed by atoms with Gasteiger partial charge < -0.3 is 97.9 Å². The molecule has 290 valence electrons. The molecule has 0 spiro atoms. The molecule has 0 heterocycles. The number of hydrogen-bond acceptors (Lipinski definition) is 10. The van der Waals surface area contributed by atoms with Crippen molar-refractivity contribution in [2.75, 3.05) is 29.5 Å². The van der Waals surface area contributed by atoms with Crippen LogP contribution in [0.1, 0.15) is 0 Å². The van der Waals surface area contributed by atoms with Gasteiger partial charge in [0.05, 0.1) is 0 Å². The molecular formula is C5H35Na5O30P10. The molecule has 0 aromatic rings. The summed E-state index contributed by atoms with van der Waals surface area (Å²) in [6.07, 6.45) is 0. The van der Waals surface area contributed by atoms with Gasteiger partial charge in [0.25, 0.3) is 0 Å². The average Bonchev–Trinajstić information content (AvgIpc) is 2.36. The molecule has 0 bridgehead atoms. The molecule has 30 nitrogen and oxygen atoms in total. The Morgan fingerprint density at radius 1 is 0.180 bits per heavy atom. The minimum absolute atomic E-state index is 0. The summed E-state index contributed by atoms with van der Waals surface area (Å²) in [6, 6.07) is 0. The Labute approximate surface area is 391 Å². The van der Waals surface area contributed by atoms with Crippen LogP contribution in [0.4, 0.5) is 0 Å². The second-order valence-corrected chi connectivity index (χ2v) is 26.3. The van der Waals surface area contributed by atoms with Crippen LogP contribution in [-0.4, -0.2) is 275 Å². The van der Waals surface area contributed by atoms with Crippen LogP contribution in [0, 0.1) is 0 Å². The van der Waals surface area contributed by atoms with Crippen molar-refractivity contribution in [2.45, 2.75) is 0 Å². The van der Waals surface area contributed by atoms with Crippen LogP contribution in [0.15, 0.2) is 0 Å². The van der Waals surface area contributed by atoms with Crippen LogP contribution in [0.2, 0.25) is 0 Å². The summed E-state index contributed by atoms with van der Waals surface area (Å²) in [7, 11) is -45.5. The molecule has 50 heavy (non-hydrogen) atoms. The fourth-order valence-electron chi connectivity index (χ4n) is 1.20. The molecule has 0 aromatic heterocycles. The average molecular weight is 1000 g/mol. The Kier molecular flexibility index (Phi) is 51.9. The first-order valence-electron chi connectivity index (χ1n) is 8.99. The molecule has 45 heteroatoms. The van der Waals surface area contributed by atoms with Crippen molar-refractivity contribution in [3.05, 3.63) is 0 Å². The third-order valence-corrected chi connectivity index (χ3v) is 16.6. The van der Waals surface area contributed by atoms with E-state index in [1.54, 1.807) is 0 Å². The quantitative estimate of drug-likeness (QED) is 0.0714. The predicted octanol–water partition coefficient (Wildman–Crippen LogP) is -6.75. The standard InChI is InChI=1S/5CH6O6P2.5Na.5H/c5*2-8(3,4)1-9(5,6)7;;;;;;;;;;/h5*1H2,(H2,2,3,4)(H2,5,6,7);;;;;;;;;;. The predicted molar refractivity (Wildman–Crippen MR) is 181 cm³/mol. The summed E-state index contributed by atoms with van der Waals surface area (Å²) < 4.78 is 98.5. The second kappa shape index (κ2) is 32.2. The van der Waals surface area contributed by atoms with E-state index in [0.717, 1.165) is 0 Å². The molecular weight excluding hydrogens is 965 g/mol. The summed E-state index contributed by atoms with van der Waals surface area (Å²) in [6.45, 7) is 0. The summed E-state index contributed by atoms with van der Waals surface area (Å²) in [4.78, 5) is 159. The van der Waals surface area contributed by atoms with E-state index in [1.807, 2.05) is 0 Å². The summed E-state index contributed by atoms with van der Waals surface area (Å²) in [5.41, 5.74) is 0. The third kappa shape index (κ3) is 117. The van der Waals surface area contributed by atoms with Crippen molar-refractivity contribution >= 4 is 224 Å². The van der Waals surface area contributed by atoms with Crippen molar-refractivity contribution in [1.82, 2.24) is 0 Å². The van der Waals surface area contributed by atoms with Crippen molar-refractivity contribution < 1.29 is 144 Å². The zero-order chi connectivity index (χ0) is 38.5. The van der Waals surface area contributed by atoms with Crippen LogP contribution < -0.4 is 0 Å². The molecule has 0 unspecified atom stereocenters. The fourth-order valence-corrected chi connectivity index (χ4v) is 10.8. The third-order valence-electron chi connectivity index (χ3n) is 1.84. The normalized spacial score (nSPS) is 12.4. The Morgan fingerprint density at radius 3 is 0.220 bits per heavy atom. The molecule has 0 aliphatic rings. The minimum atomic E-state index is -4.55. The van der Waals surface area contributed by atoms with Crippen LogP contribution in [0.5, 0.6) is 0 Å². The van der Waals surface area contributed by atoms with Gasteiger partial charge in [0.2, 0.25) is 0 Å². The fraction of sp³-hybridized carbons (Fsp3) is 1.00. The van der Waals surface area contributed by atoms with Crippen LogP contribution in [0.25, 0.3) is 0 Å². The molecule has 0 rings (SSSR count). The first-order chi connectivity index (χ1) is 18.5. The SMILES string of the molecule is O=P(O)(O)CP(=O)(O)O.O=P(O)(O)CP(=O)(O)O.O=P(O)(O)CP(=O)(O)O.O=P(O)(O)CP(=O)(O)O.O=P(O)(O)CP(=O)(O)O.[NaH].[NaH].[NaH].[NaH].[NaH]. The van der Waals surface area contributed by atoms with E-state index in [1.165, 1.54) is 0 Å². The molecule has 20 N–H and O–H groups in total. The zero-order valence-corrected chi connectivity index (χ0v) is 30.0. The number of hydrogen-bond donors (Lipinski definition) is 20. The van der Waals surface area contributed by atoms with Gasteiger partial charge in [-0.3, -0.25) is 45.7 Å². The molecule has 0 fully saturated rings. The van der Waals surface area contributed by atoms with E-state index in [0.29, 0.717) is 0 Å². The second-order valence-electron chi connectivity index (χ2n) is 7.35. The topological polar surface area (TPSA) is 575 Å². The van der Waals surface area contributed by atoms with E-state index in [9.17, 15) is 45.7 Å². The molecule has 0 aliphatic heterocycles. The molecule has 0 aliphatic carbocycles. The van der Waals surface area contributed by atoms with Crippen molar-refractivity contribution in [3.8, 4) is 0 Å². The molecule has 0 atom stereocenters. The van der Waals surface area contributed by atoms with Gasteiger partial charge in [-0.2, -0.15) is 0 Å². The van der Waals surface area contributed by atoms with Crippen LogP contribution in [0.3, 0.4) is 0 Å². The summed E-state index contributed by atoms with van der Waals surface area (Å²) >= 11 is 0. The monoisotopic (exact) mass is 1000 g/mol. The summed E-state index contributed by atoms with van der Waals surface area (Å²) in [5.74, 6) is -6.88. The zero-order valence-electron chi connectivity index (χ0n) is 21.0. The van der Waals surface area contributed by atoms with Crippen LogP contribution >= 0.6 is 76.0 Å². The van der Waals surface area contributed by atoms with Crippen molar-refractivity contribution in [3.63, 3.8) is 0 Å². The Hall–Kier alpha value is 6.50. The van der Waals surface area contributed by atoms with Gasteiger partial charge in [-0.25, -0.2) is 0 Å². The molecule has 0 saturated carbocycles. The van der Waals surface area contributed by atoms with Gasteiger partial charge in [-0.15, -0.1) is 0 Å². The maximum absolute atomic E-state index is 9.85. The Balaban J connectivity index is -0.0000000488. The first kappa shape index (κ1) is 80.5. The van der Waals surface area contributed by atoms with E-state index in [2.05, 4.69) is 0 Å². The maximum atomic E-state index is 9.85. The molecule has 0 radical (unpaired) electrons. The van der Waals surface area contributed by atoms with Crippen LogP contribution in [-0.2, 0) is 45.7 Å². The Bertz CT molecular complexity index is 1020. The van der Waals surface area contributed by atoms with Gasteiger partial charge in [0, 0.05) is 0 Å². The van der Waals surface area contributed by atoms with E-state index < -0.39 is 105 Å². The van der Waals surface area contributed by atoms with Gasteiger partial charge in [0.1, 0.15) is 0 Å². The van der Waals surface area contributed by atoms with E-state index >= 15 is 0 Å². The van der Waals surface area contributed by atoms with E-state index in [-0.39, 0.29) is 148 Å². The van der Waals surface area contributed by atoms with Crippen molar-refractivity contribution in [1.29, 1.82) is 0 Å². The molecule has 0 amide bonds. The summed E-state index contributed by atoms with van der Waals surface area (Å²) in [5, 5.41) is 0. The van der Waals surface area contributed by atoms with Gasteiger partial charge in [0.15, 0.2) is 29.5 Å². The van der Waals surface area contributed by atoms with Gasteiger partial charge in [-0.1, -0.05) is 0 Å².